The zero-order valence-corrected chi connectivity index (χ0v) is 14.7. The fourth-order valence-corrected chi connectivity index (χ4v) is 2.38. The highest BCUT2D eigenvalue weighted by molar-refractivity contribution is 5.68. The lowest BCUT2D eigenvalue weighted by Gasteiger charge is -2.43. The molecule has 1 aliphatic heterocycles. The molecule has 0 amide bonds. The molecular formula is C15H22O10. The van der Waals surface area contributed by atoms with Crippen molar-refractivity contribution >= 4 is 23.9 Å². The lowest BCUT2D eigenvalue weighted by molar-refractivity contribution is -0.301. The van der Waals surface area contributed by atoms with Gasteiger partial charge in [-0.25, -0.2) is 0 Å². The highest BCUT2D eigenvalue weighted by Gasteiger charge is 2.52. The van der Waals surface area contributed by atoms with Gasteiger partial charge in [-0.1, -0.05) is 0 Å². The number of carbonyl (C=O) groups is 4. The smallest absolute Gasteiger partial charge is 0.305 e. The molecule has 0 aromatic heterocycles. The van der Waals surface area contributed by atoms with Crippen LogP contribution in [0.2, 0.25) is 0 Å². The molecule has 142 valence electrons. The quantitative estimate of drug-likeness (QED) is 0.460. The predicted octanol–water partition coefficient (Wildman–Crippen LogP) is -0.284. The molecule has 0 aliphatic carbocycles. The molecule has 0 N–H and O–H groups in total. The average molecular weight is 362 g/mol. The maximum atomic E-state index is 11.5. The Bertz CT molecular complexity index is 516. The molecule has 0 bridgehead atoms. The molecule has 10 nitrogen and oxygen atoms in total. The first-order valence-electron chi connectivity index (χ1n) is 7.49. The zero-order valence-electron chi connectivity index (χ0n) is 14.7. The summed E-state index contributed by atoms with van der Waals surface area (Å²) in [5.41, 5.74) is 0. The van der Waals surface area contributed by atoms with Crippen LogP contribution in [0.3, 0.4) is 0 Å². The van der Waals surface area contributed by atoms with E-state index in [0.29, 0.717) is 0 Å². The van der Waals surface area contributed by atoms with E-state index in [-0.39, 0.29) is 6.61 Å². The Hall–Kier alpha value is -2.20. The van der Waals surface area contributed by atoms with Gasteiger partial charge in [-0.15, -0.1) is 0 Å². The van der Waals surface area contributed by atoms with Gasteiger partial charge in [0, 0.05) is 34.8 Å². The molecule has 1 rings (SSSR count). The number of ether oxygens (including phenoxy) is 6. The average Bonchev–Trinajstić information content (AvgIpc) is 2.46. The van der Waals surface area contributed by atoms with Crippen molar-refractivity contribution in [3.8, 4) is 0 Å². The first-order chi connectivity index (χ1) is 11.6. The summed E-state index contributed by atoms with van der Waals surface area (Å²) in [4.78, 5) is 45.3. The van der Waals surface area contributed by atoms with Gasteiger partial charge in [0.15, 0.2) is 18.3 Å². The van der Waals surface area contributed by atoms with Crippen molar-refractivity contribution in [2.75, 3.05) is 13.7 Å². The number of rotatable bonds is 6. The molecule has 1 aliphatic rings. The van der Waals surface area contributed by atoms with Crippen LogP contribution in [-0.2, 0) is 47.6 Å². The molecular weight excluding hydrogens is 340 g/mol. The van der Waals surface area contributed by atoms with E-state index in [1.165, 1.54) is 14.0 Å². The Kier molecular flexibility index (Phi) is 7.78. The molecule has 1 saturated heterocycles. The summed E-state index contributed by atoms with van der Waals surface area (Å²) in [6.45, 7) is 4.37. The number of hydrogen-bond acceptors (Lipinski definition) is 10. The minimum atomic E-state index is -1.25. The number of carbonyl (C=O) groups excluding carboxylic acids is 4. The van der Waals surface area contributed by atoms with Gasteiger partial charge in [-0.2, -0.15) is 0 Å². The second-order valence-corrected chi connectivity index (χ2v) is 5.30. The molecule has 0 aromatic carbocycles. The van der Waals surface area contributed by atoms with E-state index in [1.54, 1.807) is 0 Å². The third-order valence-electron chi connectivity index (χ3n) is 3.20. The normalized spacial score (nSPS) is 28.6. The van der Waals surface area contributed by atoms with Crippen molar-refractivity contribution in [2.24, 2.45) is 0 Å². The van der Waals surface area contributed by atoms with Crippen molar-refractivity contribution in [3.05, 3.63) is 0 Å². The summed E-state index contributed by atoms with van der Waals surface area (Å²) in [5, 5.41) is 0. The molecule has 1 fully saturated rings. The third-order valence-corrected chi connectivity index (χ3v) is 3.20. The van der Waals surface area contributed by atoms with E-state index < -0.39 is 54.6 Å². The minimum absolute atomic E-state index is 0.306. The van der Waals surface area contributed by atoms with Gasteiger partial charge < -0.3 is 28.4 Å². The first-order valence-corrected chi connectivity index (χ1v) is 7.49. The molecule has 0 aromatic rings. The topological polar surface area (TPSA) is 124 Å². The maximum Gasteiger partial charge on any atom is 0.305 e. The Morgan fingerprint density at radius 1 is 0.760 bits per heavy atom. The monoisotopic (exact) mass is 362 g/mol. The summed E-state index contributed by atoms with van der Waals surface area (Å²) in [5.74, 6) is -2.59. The van der Waals surface area contributed by atoms with E-state index >= 15 is 0 Å². The van der Waals surface area contributed by atoms with E-state index in [0.717, 1.165) is 20.8 Å². The van der Waals surface area contributed by atoms with Gasteiger partial charge in [-0.05, 0) is 0 Å². The Morgan fingerprint density at radius 3 is 1.72 bits per heavy atom. The van der Waals surface area contributed by atoms with E-state index in [9.17, 15) is 19.2 Å². The van der Waals surface area contributed by atoms with Gasteiger partial charge in [0.1, 0.15) is 12.7 Å². The molecule has 25 heavy (non-hydrogen) atoms. The van der Waals surface area contributed by atoms with E-state index in [2.05, 4.69) is 0 Å². The van der Waals surface area contributed by atoms with Crippen LogP contribution in [-0.4, -0.2) is 68.3 Å². The highest BCUT2D eigenvalue weighted by atomic mass is 16.7. The second-order valence-electron chi connectivity index (χ2n) is 5.30. The van der Waals surface area contributed by atoms with E-state index in [4.69, 9.17) is 28.4 Å². The van der Waals surface area contributed by atoms with Gasteiger partial charge >= 0.3 is 23.9 Å². The van der Waals surface area contributed by atoms with Crippen LogP contribution in [0.5, 0.6) is 0 Å². The van der Waals surface area contributed by atoms with Crippen LogP contribution in [0, 0.1) is 0 Å². The predicted molar refractivity (Wildman–Crippen MR) is 79.0 cm³/mol. The van der Waals surface area contributed by atoms with Crippen molar-refractivity contribution in [2.45, 2.75) is 58.4 Å². The fraction of sp³-hybridized carbons (Fsp3) is 0.733. The van der Waals surface area contributed by atoms with Crippen molar-refractivity contribution in [1.82, 2.24) is 0 Å². The first kappa shape index (κ1) is 20.8. The summed E-state index contributed by atoms with van der Waals surface area (Å²) >= 11 is 0. The molecule has 0 spiro atoms. The SMILES string of the molecule is CO[C@@H]1[C@H](OC(C)=O)O[C@H](COC(C)=O)[C@@H](OC(C)=O)[C@@H]1OC(C)=O. The summed E-state index contributed by atoms with van der Waals surface area (Å²) in [6.07, 6.45) is -5.60. The van der Waals surface area contributed by atoms with Crippen LogP contribution >= 0.6 is 0 Å². The Labute approximate surface area is 144 Å². The van der Waals surface area contributed by atoms with Crippen LogP contribution in [0.25, 0.3) is 0 Å². The van der Waals surface area contributed by atoms with E-state index in [1.807, 2.05) is 0 Å². The Morgan fingerprint density at radius 2 is 1.28 bits per heavy atom. The van der Waals surface area contributed by atoms with Crippen molar-refractivity contribution < 1.29 is 47.6 Å². The van der Waals surface area contributed by atoms with Crippen molar-refractivity contribution in [1.29, 1.82) is 0 Å². The molecule has 0 unspecified atom stereocenters. The summed E-state index contributed by atoms with van der Waals surface area (Å²) in [7, 11) is 1.29. The number of hydrogen-bond donors (Lipinski definition) is 0. The maximum absolute atomic E-state index is 11.5. The lowest BCUT2D eigenvalue weighted by atomic mass is 9.98. The number of methoxy groups -OCH3 is 1. The van der Waals surface area contributed by atoms with Gasteiger partial charge in [0.25, 0.3) is 0 Å². The van der Waals surface area contributed by atoms with Gasteiger partial charge in [0.05, 0.1) is 0 Å². The number of esters is 4. The summed E-state index contributed by atoms with van der Waals surface area (Å²) < 4.78 is 31.1. The van der Waals surface area contributed by atoms with Crippen LogP contribution in [0.15, 0.2) is 0 Å². The Balaban J connectivity index is 3.16. The standard InChI is InChI=1S/C15H22O10/c1-7(16)21-6-11-12(22-8(2)17)13(23-9(3)18)14(20-5)15(25-11)24-10(4)19/h11-15H,6H2,1-5H3/t11-,12-,13+,14+,15-/m1/s1. The van der Waals surface area contributed by atoms with Crippen LogP contribution in [0.4, 0.5) is 0 Å². The molecule has 5 atom stereocenters. The lowest BCUT2D eigenvalue weighted by Crippen LogP contribution is -2.62. The summed E-state index contributed by atoms with van der Waals surface area (Å²) in [6, 6.07) is 0. The van der Waals surface area contributed by atoms with Gasteiger partial charge in [0.2, 0.25) is 6.29 Å². The molecule has 10 heteroatoms. The molecule has 0 saturated carbocycles. The zero-order chi connectivity index (χ0) is 19.1. The molecule has 0 radical (unpaired) electrons. The minimum Gasteiger partial charge on any atom is -0.463 e. The fourth-order valence-electron chi connectivity index (χ4n) is 2.38. The van der Waals surface area contributed by atoms with Crippen molar-refractivity contribution in [3.63, 3.8) is 0 Å². The largest absolute Gasteiger partial charge is 0.463 e. The third kappa shape index (κ3) is 6.31. The van der Waals surface area contributed by atoms with Crippen LogP contribution < -0.4 is 0 Å². The highest BCUT2D eigenvalue weighted by Crippen LogP contribution is 2.29. The second kappa shape index (κ2) is 9.33. The molecule has 1 heterocycles. The van der Waals surface area contributed by atoms with Gasteiger partial charge in [-0.3, -0.25) is 19.2 Å². The van der Waals surface area contributed by atoms with Crippen LogP contribution in [0.1, 0.15) is 27.7 Å².